The molecule has 0 saturated carbocycles. The highest BCUT2D eigenvalue weighted by Crippen LogP contribution is 2.31. The van der Waals surface area contributed by atoms with Crippen LogP contribution in [0, 0.1) is 10.1 Å². The molecule has 3 N–H and O–H groups in total. The normalized spacial score (nSPS) is 10.8. The number of nitro benzene ring substituents is 1. The number of hydrogen-bond donors (Lipinski definition) is 3. The number of aromatic hydroxyl groups is 3. The predicted octanol–water partition coefficient (Wildman–Crippen LogP) is 4.39. The van der Waals surface area contributed by atoms with Gasteiger partial charge in [0.05, 0.1) is 4.92 Å². The summed E-state index contributed by atoms with van der Waals surface area (Å²) in [5.74, 6) is -0.441. The largest absolute Gasteiger partial charge is 0.507 e. The van der Waals surface area contributed by atoms with E-state index in [2.05, 4.69) is 0 Å². The third kappa shape index (κ3) is 4.60. The van der Waals surface area contributed by atoms with Crippen LogP contribution in [0.15, 0.2) is 42.0 Å². The summed E-state index contributed by atoms with van der Waals surface area (Å²) in [7, 11) is 0. The van der Waals surface area contributed by atoms with Crippen molar-refractivity contribution in [3.8, 4) is 17.2 Å². The fourth-order valence-corrected chi connectivity index (χ4v) is 2.26. The number of allylic oxidation sites excluding steroid dienone is 2. The molecule has 25 heavy (non-hydrogen) atoms. The Balaban J connectivity index is 2.29. The Morgan fingerprint density at radius 1 is 1.00 bits per heavy atom. The fourth-order valence-electron chi connectivity index (χ4n) is 2.26. The molecule has 0 aliphatic rings. The first-order valence-electron chi connectivity index (χ1n) is 7.61. The molecule has 0 atom stereocenters. The minimum Gasteiger partial charge on any atom is -0.507 e. The molecule has 2 rings (SSSR count). The van der Waals surface area contributed by atoms with Gasteiger partial charge in [0.2, 0.25) is 0 Å². The molecule has 0 unspecified atom stereocenters. The molecule has 6 nitrogen and oxygen atoms in total. The van der Waals surface area contributed by atoms with Gasteiger partial charge in [0, 0.05) is 11.6 Å². The third-order valence-corrected chi connectivity index (χ3v) is 3.60. The Morgan fingerprint density at radius 3 is 2.16 bits per heavy atom. The Kier molecular flexibility index (Phi) is 5.44. The minimum atomic E-state index is -0.664. The number of phenolic OH excluding ortho intramolecular Hbond substituents is 3. The van der Waals surface area contributed by atoms with Crippen molar-refractivity contribution in [3.05, 3.63) is 68.8 Å². The van der Waals surface area contributed by atoms with E-state index in [-0.39, 0.29) is 17.2 Å². The number of nitrogens with zero attached hydrogens (tertiary/aromatic N) is 1. The lowest BCUT2D eigenvalue weighted by Crippen LogP contribution is -1.89. The van der Waals surface area contributed by atoms with Gasteiger partial charge in [-0.3, -0.25) is 10.1 Å². The van der Waals surface area contributed by atoms with E-state index in [1.54, 1.807) is 12.2 Å². The summed E-state index contributed by atoms with van der Waals surface area (Å²) in [6.07, 6.45) is 5.53. The van der Waals surface area contributed by atoms with Crippen molar-refractivity contribution in [1.82, 2.24) is 0 Å². The molecular formula is C19H19NO5. The molecular weight excluding hydrogens is 322 g/mol. The number of nitro groups is 1. The van der Waals surface area contributed by atoms with Crippen LogP contribution in [0.25, 0.3) is 12.2 Å². The molecule has 0 heterocycles. The highest BCUT2D eigenvalue weighted by Gasteiger charge is 2.12. The molecule has 0 bridgehead atoms. The van der Waals surface area contributed by atoms with Crippen molar-refractivity contribution < 1.29 is 20.2 Å². The molecule has 0 aromatic heterocycles. The Labute approximate surface area is 145 Å². The zero-order valence-corrected chi connectivity index (χ0v) is 13.9. The topological polar surface area (TPSA) is 104 Å². The molecule has 0 saturated heterocycles. The molecule has 0 aliphatic carbocycles. The van der Waals surface area contributed by atoms with E-state index in [1.165, 1.54) is 30.3 Å². The summed E-state index contributed by atoms with van der Waals surface area (Å²) in [6, 6.07) is 7.05. The van der Waals surface area contributed by atoms with Gasteiger partial charge in [-0.25, -0.2) is 0 Å². The third-order valence-electron chi connectivity index (χ3n) is 3.60. The maximum Gasteiger partial charge on any atom is 0.311 e. The number of hydrogen-bond acceptors (Lipinski definition) is 5. The minimum absolute atomic E-state index is 0.0196. The number of phenols is 3. The van der Waals surface area contributed by atoms with Crippen LogP contribution in [0.4, 0.5) is 5.69 Å². The predicted molar refractivity (Wildman–Crippen MR) is 96.6 cm³/mol. The Bertz CT molecular complexity index is 841. The smallest absolute Gasteiger partial charge is 0.311 e. The van der Waals surface area contributed by atoms with E-state index < -0.39 is 10.7 Å². The zero-order valence-electron chi connectivity index (χ0n) is 13.9. The van der Waals surface area contributed by atoms with E-state index in [1.807, 2.05) is 19.9 Å². The second-order valence-electron chi connectivity index (χ2n) is 5.86. The van der Waals surface area contributed by atoms with E-state index in [0.717, 1.165) is 5.57 Å². The quantitative estimate of drug-likeness (QED) is 0.324. The lowest BCUT2D eigenvalue weighted by molar-refractivity contribution is -0.385. The summed E-state index contributed by atoms with van der Waals surface area (Å²) in [5, 5.41) is 40.5. The summed E-state index contributed by atoms with van der Waals surface area (Å²) < 4.78 is 0. The monoisotopic (exact) mass is 341 g/mol. The number of benzene rings is 2. The number of rotatable bonds is 5. The molecule has 2 aromatic carbocycles. The van der Waals surface area contributed by atoms with Crippen molar-refractivity contribution in [3.63, 3.8) is 0 Å². The van der Waals surface area contributed by atoms with Crippen molar-refractivity contribution in [1.29, 1.82) is 0 Å². The molecule has 0 spiro atoms. The maximum absolute atomic E-state index is 10.8. The first-order chi connectivity index (χ1) is 11.8. The van der Waals surface area contributed by atoms with E-state index in [9.17, 15) is 25.4 Å². The van der Waals surface area contributed by atoms with Gasteiger partial charge >= 0.3 is 5.69 Å². The summed E-state index contributed by atoms with van der Waals surface area (Å²) in [4.78, 5) is 10.2. The SMILES string of the molecule is CC(C)=CCc1c(O)cc(/C=C/c2ccc(O)c([N+](=O)[O-])c2)cc1O. The molecule has 0 aliphatic heterocycles. The van der Waals surface area contributed by atoms with Gasteiger partial charge in [-0.2, -0.15) is 0 Å². The van der Waals surface area contributed by atoms with Crippen LogP contribution in [0.1, 0.15) is 30.5 Å². The van der Waals surface area contributed by atoms with Crippen LogP contribution in [0.2, 0.25) is 0 Å². The zero-order chi connectivity index (χ0) is 18.6. The molecule has 6 heteroatoms. The highest BCUT2D eigenvalue weighted by atomic mass is 16.6. The van der Waals surface area contributed by atoms with Crippen molar-refractivity contribution in [2.24, 2.45) is 0 Å². The molecule has 2 aromatic rings. The average molecular weight is 341 g/mol. The van der Waals surface area contributed by atoms with E-state index in [4.69, 9.17) is 0 Å². The van der Waals surface area contributed by atoms with Gasteiger partial charge in [-0.05, 0) is 49.6 Å². The molecule has 0 fully saturated rings. The lowest BCUT2D eigenvalue weighted by atomic mass is 10.0. The van der Waals surface area contributed by atoms with Crippen LogP contribution >= 0.6 is 0 Å². The van der Waals surface area contributed by atoms with Crippen LogP contribution in [0.3, 0.4) is 0 Å². The van der Waals surface area contributed by atoms with Crippen LogP contribution < -0.4 is 0 Å². The van der Waals surface area contributed by atoms with Crippen molar-refractivity contribution in [2.75, 3.05) is 0 Å². The fraction of sp³-hybridized carbons (Fsp3) is 0.158. The van der Waals surface area contributed by atoms with Gasteiger partial charge in [0.1, 0.15) is 11.5 Å². The second kappa shape index (κ2) is 7.53. The summed E-state index contributed by atoms with van der Waals surface area (Å²) in [5.41, 5.74) is 2.20. The summed E-state index contributed by atoms with van der Waals surface area (Å²) >= 11 is 0. The highest BCUT2D eigenvalue weighted by molar-refractivity contribution is 5.73. The van der Waals surface area contributed by atoms with Gasteiger partial charge < -0.3 is 15.3 Å². The van der Waals surface area contributed by atoms with Gasteiger partial charge in [0.25, 0.3) is 0 Å². The van der Waals surface area contributed by atoms with E-state index in [0.29, 0.717) is 23.1 Å². The molecule has 0 radical (unpaired) electrons. The molecule has 130 valence electrons. The lowest BCUT2D eigenvalue weighted by Gasteiger charge is -2.07. The van der Waals surface area contributed by atoms with Crippen molar-refractivity contribution >= 4 is 17.8 Å². The average Bonchev–Trinajstić information content (AvgIpc) is 2.52. The van der Waals surface area contributed by atoms with Gasteiger partial charge in [-0.15, -0.1) is 0 Å². The molecule has 0 amide bonds. The van der Waals surface area contributed by atoms with Gasteiger partial charge in [0.15, 0.2) is 5.75 Å². The second-order valence-corrected chi connectivity index (χ2v) is 5.86. The first kappa shape index (κ1) is 18.1. The Hall–Kier alpha value is -3.28. The first-order valence-corrected chi connectivity index (χ1v) is 7.61. The van der Waals surface area contributed by atoms with Gasteiger partial charge in [-0.1, -0.05) is 29.9 Å². The van der Waals surface area contributed by atoms with E-state index >= 15 is 0 Å². The standard InChI is InChI=1S/C19H19NO5/c1-12(2)3-7-15-18(22)10-14(11-19(15)23)5-4-13-6-8-17(21)16(9-13)20(24)25/h3-6,8-11,21-23H,7H2,1-2H3/b5-4+. The van der Waals surface area contributed by atoms with Crippen LogP contribution in [-0.2, 0) is 6.42 Å². The summed E-state index contributed by atoms with van der Waals surface area (Å²) in [6.45, 7) is 3.87. The Morgan fingerprint density at radius 2 is 1.60 bits per heavy atom. The van der Waals surface area contributed by atoms with Crippen LogP contribution in [-0.4, -0.2) is 20.2 Å². The van der Waals surface area contributed by atoms with Crippen LogP contribution in [0.5, 0.6) is 17.2 Å². The maximum atomic E-state index is 10.8. The van der Waals surface area contributed by atoms with Crippen molar-refractivity contribution in [2.45, 2.75) is 20.3 Å².